The first-order valence-electron chi connectivity index (χ1n) is 8.87. The molecule has 1 amide bonds. The third-order valence-electron chi connectivity index (χ3n) is 4.57. The fourth-order valence-corrected chi connectivity index (χ4v) is 6.20. The standard InChI is InChI=1S/C18H17BrN4O4S2/c19-14-6-1-4-12(10-14)17-21-22-18(27-17)20-16(24)13-5-2-8-23(11-13)29(25,26)15-7-3-9-28-15/h1,3-4,6-7,9-10,13H,2,5,8,11H2,(H,20,22,24). The molecule has 0 radical (unpaired) electrons. The molecule has 1 aromatic carbocycles. The summed E-state index contributed by atoms with van der Waals surface area (Å²) in [6.45, 7) is 0.524. The summed E-state index contributed by atoms with van der Waals surface area (Å²) in [7, 11) is -3.58. The van der Waals surface area contributed by atoms with E-state index in [4.69, 9.17) is 4.42 Å². The fraction of sp³-hybridized carbons (Fsp3) is 0.278. The number of nitrogens with one attached hydrogen (secondary N) is 1. The molecular weight excluding hydrogens is 480 g/mol. The van der Waals surface area contributed by atoms with Gasteiger partial charge in [-0.3, -0.25) is 10.1 Å². The van der Waals surface area contributed by atoms with Crippen molar-refractivity contribution in [2.24, 2.45) is 5.92 Å². The molecule has 4 rings (SSSR count). The van der Waals surface area contributed by atoms with Crippen LogP contribution in [0.4, 0.5) is 6.01 Å². The van der Waals surface area contributed by atoms with Crippen LogP contribution >= 0.6 is 27.3 Å². The van der Waals surface area contributed by atoms with Crippen molar-refractivity contribution in [2.45, 2.75) is 17.1 Å². The minimum Gasteiger partial charge on any atom is -0.403 e. The third kappa shape index (κ3) is 4.42. The summed E-state index contributed by atoms with van der Waals surface area (Å²) >= 11 is 4.55. The number of carbonyl (C=O) groups is 1. The van der Waals surface area contributed by atoms with E-state index < -0.39 is 15.9 Å². The van der Waals surface area contributed by atoms with Crippen molar-refractivity contribution in [1.82, 2.24) is 14.5 Å². The lowest BCUT2D eigenvalue weighted by Crippen LogP contribution is -2.43. The summed E-state index contributed by atoms with van der Waals surface area (Å²) in [6.07, 6.45) is 1.20. The highest BCUT2D eigenvalue weighted by molar-refractivity contribution is 9.10. The van der Waals surface area contributed by atoms with E-state index in [1.165, 1.54) is 15.6 Å². The molecule has 0 aliphatic carbocycles. The van der Waals surface area contributed by atoms with E-state index in [0.717, 1.165) is 10.0 Å². The fourth-order valence-electron chi connectivity index (χ4n) is 3.13. The second-order valence-corrected chi connectivity index (χ2v) is 10.6. The molecule has 1 aliphatic heterocycles. The Morgan fingerprint density at radius 3 is 2.90 bits per heavy atom. The van der Waals surface area contributed by atoms with Crippen LogP contribution < -0.4 is 5.32 Å². The molecule has 1 saturated heterocycles. The lowest BCUT2D eigenvalue weighted by Gasteiger charge is -2.30. The van der Waals surface area contributed by atoms with E-state index in [0.29, 0.717) is 19.4 Å². The molecule has 29 heavy (non-hydrogen) atoms. The van der Waals surface area contributed by atoms with Crippen molar-refractivity contribution >= 4 is 49.2 Å². The molecule has 2 aromatic heterocycles. The maximum atomic E-state index is 12.7. The molecule has 1 aliphatic rings. The van der Waals surface area contributed by atoms with Crippen molar-refractivity contribution in [3.05, 3.63) is 46.3 Å². The van der Waals surface area contributed by atoms with Crippen LogP contribution in [0.3, 0.4) is 0 Å². The monoisotopic (exact) mass is 496 g/mol. The molecule has 11 heteroatoms. The zero-order chi connectivity index (χ0) is 20.4. The van der Waals surface area contributed by atoms with E-state index in [-0.39, 0.29) is 28.6 Å². The van der Waals surface area contributed by atoms with Gasteiger partial charge in [0.2, 0.25) is 11.8 Å². The number of rotatable bonds is 5. The minimum absolute atomic E-state index is 0.0109. The summed E-state index contributed by atoms with van der Waals surface area (Å²) in [5.41, 5.74) is 0.721. The molecule has 0 bridgehead atoms. The first-order valence-corrected chi connectivity index (χ1v) is 12.0. The van der Waals surface area contributed by atoms with E-state index >= 15 is 0 Å². The maximum Gasteiger partial charge on any atom is 0.322 e. The second kappa shape index (κ2) is 8.34. The quantitative estimate of drug-likeness (QED) is 0.578. The van der Waals surface area contributed by atoms with E-state index in [9.17, 15) is 13.2 Å². The van der Waals surface area contributed by atoms with Crippen molar-refractivity contribution in [3.63, 3.8) is 0 Å². The van der Waals surface area contributed by atoms with Crippen LogP contribution in [0, 0.1) is 5.92 Å². The largest absolute Gasteiger partial charge is 0.403 e. The number of anilines is 1. The number of piperidine rings is 1. The molecule has 3 heterocycles. The lowest BCUT2D eigenvalue weighted by molar-refractivity contribution is -0.121. The highest BCUT2D eigenvalue weighted by atomic mass is 79.9. The predicted octanol–water partition coefficient (Wildman–Crippen LogP) is 3.60. The molecule has 8 nitrogen and oxygen atoms in total. The molecule has 0 spiro atoms. The van der Waals surface area contributed by atoms with Crippen molar-refractivity contribution in [1.29, 1.82) is 0 Å². The minimum atomic E-state index is -3.58. The molecule has 1 atom stereocenters. The SMILES string of the molecule is O=C(Nc1nnc(-c2cccc(Br)c2)o1)C1CCCN(S(=O)(=O)c2cccs2)C1. The van der Waals surface area contributed by atoms with E-state index in [2.05, 4.69) is 31.4 Å². The Balaban J connectivity index is 1.44. The highest BCUT2D eigenvalue weighted by Crippen LogP contribution is 2.27. The number of sulfonamides is 1. The summed E-state index contributed by atoms with van der Waals surface area (Å²) in [6, 6.07) is 10.6. The van der Waals surface area contributed by atoms with Crippen LogP contribution in [0.15, 0.2) is 54.9 Å². The Bertz CT molecular complexity index is 1110. The van der Waals surface area contributed by atoms with Gasteiger partial charge in [-0.15, -0.1) is 16.4 Å². The number of amides is 1. The van der Waals surface area contributed by atoms with Gasteiger partial charge in [-0.1, -0.05) is 33.2 Å². The number of aromatic nitrogens is 2. The predicted molar refractivity (Wildman–Crippen MR) is 112 cm³/mol. The van der Waals surface area contributed by atoms with Crippen molar-refractivity contribution in [2.75, 3.05) is 18.4 Å². The van der Waals surface area contributed by atoms with Gasteiger partial charge in [0.05, 0.1) is 5.92 Å². The summed E-state index contributed by atoms with van der Waals surface area (Å²) in [5.74, 6) is -0.535. The number of halogens is 1. The number of thiophene rings is 1. The third-order valence-corrected chi connectivity index (χ3v) is 8.30. The zero-order valence-corrected chi connectivity index (χ0v) is 18.3. The first kappa shape index (κ1) is 20.2. The Kier molecular flexibility index (Phi) is 5.81. The average molecular weight is 497 g/mol. The van der Waals surface area contributed by atoms with Crippen LogP contribution in [0.25, 0.3) is 11.5 Å². The summed E-state index contributed by atoms with van der Waals surface area (Å²) < 4.78 is 33.5. The Morgan fingerprint density at radius 1 is 1.28 bits per heavy atom. The number of hydrogen-bond donors (Lipinski definition) is 1. The molecule has 152 valence electrons. The number of carbonyl (C=O) groups excluding carboxylic acids is 1. The molecule has 0 saturated carbocycles. The highest BCUT2D eigenvalue weighted by Gasteiger charge is 2.34. The normalized spacial score (nSPS) is 17.9. The van der Waals surface area contributed by atoms with E-state index in [1.54, 1.807) is 17.5 Å². The van der Waals surface area contributed by atoms with Gasteiger partial charge in [-0.05, 0) is 42.5 Å². The summed E-state index contributed by atoms with van der Waals surface area (Å²) in [4.78, 5) is 12.7. The Hall–Kier alpha value is -2.08. The number of hydrogen-bond acceptors (Lipinski definition) is 7. The van der Waals surface area contributed by atoms with Gasteiger partial charge >= 0.3 is 6.01 Å². The van der Waals surface area contributed by atoms with Crippen molar-refractivity contribution in [3.8, 4) is 11.5 Å². The molecule has 1 fully saturated rings. The molecule has 1 unspecified atom stereocenters. The van der Waals surface area contributed by atoms with Crippen molar-refractivity contribution < 1.29 is 17.6 Å². The summed E-state index contributed by atoms with van der Waals surface area (Å²) in [5, 5.41) is 12.2. The van der Waals surface area contributed by atoms with Gasteiger partial charge in [0.25, 0.3) is 10.0 Å². The van der Waals surface area contributed by atoms with Crippen LogP contribution in [0.5, 0.6) is 0 Å². The maximum absolute atomic E-state index is 12.7. The Morgan fingerprint density at radius 2 is 2.14 bits per heavy atom. The van der Waals surface area contributed by atoms with E-state index in [1.807, 2.05) is 24.3 Å². The van der Waals surface area contributed by atoms with Crippen LogP contribution in [-0.2, 0) is 14.8 Å². The van der Waals surface area contributed by atoms with Gasteiger partial charge in [0, 0.05) is 23.1 Å². The zero-order valence-electron chi connectivity index (χ0n) is 15.1. The molecule has 3 aromatic rings. The van der Waals surface area contributed by atoms with Gasteiger partial charge in [-0.2, -0.15) is 4.31 Å². The van der Waals surface area contributed by atoms with Gasteiger partial charge in [-0.25, -0.2) is 8.42 Å². The number of nitrogens with zero attached hydrogens (tertiary/aromatic N) is 3. The van der Waals surface area contributed by atoms with Crippen LogP contribution in [0.1, 0.15) is 12.8 Å². The Labute approximate surface area is 180 Å². The average Bonchev–Trinajstić information content (AvgIpc) is 3.41. The topological polar surface area (TPSA) is 105 Å². The van der Waals surface area contributed by atoms with Gasteiger partial charge in [0.1, 0.15) is 4.21 Å². The second-order valence-electron chi connectivity index (χ2n) is 6.55. The molecule has 1 N–H and O–H groups in total. The van der Waals surface area contributed by atoms with Crippen LogP contribution in [-0.4, -0.2) is 41.9 Å². The molecular formula is C18H17BrN4O4S2. The number of benzene rings is 1. The smallest absolute Gasteiger partial charge is 0.322 e. The first-order chi connectivity index (χ1) is 13.9. The van der Waals surface area contributed by atoms with Gasteiger partial charge < -0.3 is 4.42 Å². The lowest BCUT2D eigenvalue weighted by atomic mass is 9.99. The van der Waals surface area contributed by atoms with Gasteiger partial charge in [0.15, 0.2) is 0 Å². The van der Waals surface area contributed by atoms with Crippen LogP contribution in [0.2, 0.25) is 0 Å².